The molecule has 2 aromatic rings. The molecule has 0 amide bonds. The molecule has 0 heterocycles. The molecule has 0 spiro atoms. The molecular weight excluding hydrogens is 296 g/mol. The van der Waals surface area contributed by atoms with E-state index in [9.17, 15) is 0 Å². The van der Waals surface area contributed by atoms with Gasteiger partial charge in [-0.2, -0.15) is 0 Å². The molecular formula is C18H21Br. The summed E-state index contributed by atoms with van der Waals surface area (Å²) in [4.78, 5) is 0.659. The van der Waals surface area contributed by atoms with Crippen LogP contribution < -0.4 is 0 Å². The number of alkyl halides is 1. The van der Waals surface area contributed by atoms with E-state index < -0.39 is 0 Å². The molecule has 0 saturated heterocycles. The molecule has 2 rings (SSSR count). The van der Waals surface area contributed by atoms with E-state index in [1.54, 1.807) is 0 Å². The van der Waals surface area contributed by atoms with Crippen LogP contribution in [0.4, 0.5) is 0 Å². The van der Waals surface area contributed by atoms with Gasteiger partial charge in [-0.25, -0.2) is 0 Å². The number of aryl methyl sites for hydroxylation is 1. The summed E-state index contributed by atoms with van der Waals surface area (Å²) < 4.78 is 0. The first-order valence-corrected chi connectivity index (χ1v) is 7.99. The van der Waals surface area contributed by atoms with Gasteiger partial charge in [0.05, 0.1) is 0 Å². The largest absolute Gasteiger partial charge is 0.0891 e. The fourth-order valence-electron chi connectivity index (χ4n) is 2.28. The molecule has 0 aromatic heterocycles. The number of hydrogen-bond donors (Lipinski definition) is 0. The van der Waals surface area contributed by atoms with E-state index in [2.05, 4.69) is 77.5 Å². The van der Waals surface area contributed by atoms with Crippen LogP contribution in [0.2, 0.25) is 0 Å². The minimum Gasteiger partial charge on any atom is -0.0891 e. The van der Waals surface area contributed by atoms with E-state index in [1.807, 2.05) is 0 Å². The first kappa shape index (κ1) is 14.3. The minimum atomic E-state index is 0.659. The summed E-state index contributed by atoms with van der Waals surface area (Å²) in [5.41, 5.74) is 4.02. The van der Waals surface area contributed by atoms with Crippen molar-refractivity contribution in [3.05, 3.63) is 60.2 Å². The van der Waals surface area contributed by atoms with Crippen molar-refractivity contribution in [2.75, 3.05) is 0 Å². The van der Waals surface area contributed by atoms with Crippen LogP contribution in [0.3, 0.4) is 0 Å². The van der Waals surface area contributed by atoms with E-state index >= 15 is 0 Å². The van der Waals surface area contributed by atoms with Gasteiger partial charge >= 0.3 is 0 Å². The summed E-state index contributed by atoms with van der Waals surface area (Å²) in [6, 6.07) is 19.5. The molecule has 0 aliphatic heterocycles. The summed E-state index contributed by atoms with van der Waals surface area (Å²) in [5, 5.41) is 0. The van der Waals surface area contributed by atoms with E-state index in [4.69, 9.17) is 0 Å². The molecule has 1 atom stereocenters. The fraction of sp³-hybridized carbons (Fsp3) is 0.333. The highest BCUT2D eigenvalue weighted by atomic mass is 79.9. The molecule has 0 nitrogen and oxygen atoms in total. The van der Waals surface area contributed by atoms with Crippen molar-refractivity contribution < 1.29 is 0 Å². The van der Waals surface area contributed by atoms with Crippen molar-refractivity contribution >= 4 is 15.9 Å². The summed E-state index contributed by atoms with van der Waals surface area (Å²) >= 11 is 3.75. The van der Waals surface area contributed by atoms with Gasteiger partial charge in [0, 0.05) is 4.83 Å². The van der Waals surface area contributed by atoms with Crippen molar-refractivity contribution in [3.8, 4) is 11.1 Å². The summed E-state index contributed by atoms with van der Waals surface area (Å²) in [5.74, 6) is 0. The van der Waals surface area contributed by atoms with Gasteiger partial charge in [-0.1, -0.05) is 83.9 Å². The highest BCUT2D eigenvalue weighted by Crippen LogP contribution is 2.21. The highest BCUT2D eigenvalue weighted by Gasteiger charge is 2.03. The summed E-state index contributed by atoms with van der Waals surface area (Å²) in [7, 11) is 0. The molecule has 0 aliphatic rings. The SMILES string of the molecule is CCCC(Br)CCc1ccc(-c2ccccc2)cc1. The molecule has 19 heavy (non-hydrogen) atoms. The Hall–Kier alpha value is -1.08. The topological polar surface area (TPSA) is 0 Å². The monoisotopic (exact) mass is 316 g/mol. The van der Waals surface area contributed by atoms with Crippen molar-refractivity contribution in [1.29, 1.82) is 0 Å². The zero-order valence-corrected chi connectivity index (χ0v) is 13.1. The van der Waals surface area contributed by atoms with Gasteiger partial charge in [-0.05, 0) is 36.0 Å². The number of rotatable bonds is 6. The maximum Gasteiger partial charge on any atom is 0.0148 e. The summed E-state index contributed by atoms with van der Waals surface area (Å²) in [6.45, 7) is 2.24. The van der Waals surface area contributed by atoms with Crippen LogP contribution in [0, 0.1) is 0 Å². The Morgan fingerprint density at radius 3 is 2.11 bits per heavy atom. The third-order valence-electron chi connectivity index (χ3n) is 3.41. The quantitative estimate of drug-likeness (QED) is 0.586. The Bertz CT molecular complexity index is 473. The van der Waals surface area contributed by atoms with Gasteiger partial charge in [-0.15, -0.1) is 0 Å². The lowest BCUT2D eigenvalue weighted by atomic mass is 10.0. The molecule has 0 fully saturated rings. The maximum absolute atomic E-state index is 3.75. The fourth-order valence-corrected chi connectivity index (χ4v) is 2.96. The third-order valence-corrected chi connectivity index (χ3v) is 4.32. The van der Waals surface area contributed by atoms with Gasteiger partial charge in [0.25, 0.3) is 0 Å². The van der Waals surface area contributed by atoms with E-state index in [1.165, 1.54) is 36.0 Å². The summed E-state index contributed by atoms with van der Waals surface area (Å²) in [6.07, 6.45) is 4.90. The van der Waals surface area contributed by atoms with Crippen molar-refractivity contribution in [2.45, 2.75) is 37.4 Å². The molecule has 0 bridgehead atoms. The van der Waals surface area contributed by atoms with E-state index in [0.29, 0.717) is 4.83 Å². The average Bonchev–Trinajstić information content (AvgIpc) is 2.47. The second-order valence-electron chi connectivity index (χ2n) is 4.99. The van der Waals surface area contributed by atoms with Gasteiger partial charge in [-0.3, -0.25) is 0 Å². The lowest BCUT2D eigenvalue weighted by Crippen LogP contribution is -1.99. The third kappa shape index (κ3) is 4.50. The number of hydrogen-bond acceptors (Lipinski definition) is 0. The van der Waals surface area contributed by atoms with Crippen LogP contribution in [-0.4, -0.2) is 4.83 Å². The Labute approximate surface area is 125 Å². The zero-order valence-electron chi connectivity index (χ0n) is 11.5. The lowest BCUT2D eigenvalue weighted by molar-refractivity contribution is 0.693. The molecule has 0 aliphatic carbocycles. The molecule has 100 valence electrons. The smallest absolute Gasteiger partial charge is 0.0148 e. The Morgan fingerprint density at radius 2 is 1.47 bits per heavy atom. The van der Waals surface area contributed by atoms with E-state index in [-0.39, 0.29) is 0 Å². The normalized spacial score (nSPS) is 12.3. The van der Waals surface area contributed by atoms with E-state index in [0.717, 1.165) is 6.42 Å². The van der Waals surface area contributed by atoms with Crippen LogP contribution in [0.1, 0.15) is 31.7 Å². The predicted octanol–water partition coefficient (Wildman–Crippen LogP) is 5.85. The average molecular weight is 317 g/mol. The Balaban J connectivity index is 1.95. The van der Waals surface area contributed by atoms with Gasteiger partial charge in [0.2, 0.25) is 0 Å². The molecule has 0 saturated carbocycles. The predicted molar refractivity (Wildman–Crippen MR) is 87.8 cm³/mol. The van der Waals surface area contributed by atoms with Crippen LogP contribution in [-0.2, 0) is 6.42 Å². The van der Waals surface area contributed by atoms with Crippen LogP contribution in [0.5, 0.6) is 0 Å². The van der Waals surface area contributed by atoms with Crippen molar-refractivity contribution in [2.24, 2.45) is 0 Å². The first-order valence-electron chi connectivity index (χ1n) is 7.08. The maximum atomic E-state index is 3.75. The van der Waals surface area contributed by atoms with Gasteiger partial charge < -0.3 is 0 Å². The standard InChI is InChI=1S/C18H21Br/c1-2-6-18(19)14-11-15-9-12-17(13-10-15)16-7-4-3-5-8-16/h3-5,7-10,12-13,18H,2,6,11,14H2,1H3. The molecule has 0 radical (unpaired) electrons. The molecule has 2 aromatic carbocycles. The van der Waals surface area contributed by atoms with Gasteiger partial charge in [0.1, 0.15) is 0 Å². The van der Waals surface area contributed by atoms with Crippen molar-refractivity contribution in [1.82, 2.24) is 0 Å². The van der Waals surface area contributed by atoms with Crippen molar-refractivity contribution in [3.63, 3.8) is 0 Å². The van der Waals surface area contributed by atoms with Crippen LogP contribution in [0.15, 0.2) is 54.6 Å². The van der Waals surface area contributed by atoms with Gasteiger partial charge in [0.15, 0.2) is 0 Å². The molecule has 1 unspecified atom stereocenters. The van der Waals surface area contributed by atoms with Crippen LogP contribution >= 0.6 is 15.9 Å². The Kier molecular flexibility index (Phi) is 5.65. The lowest BCUT2D eigenvalue weighted by Gasteiger charge is -2.08. The second kappa shape index (κ2) is 7.49. The second-order valence-corrected chi connectivity index (χ2v) is 6.28. The molecule has 1 heteroatoms. The Morgan fingerprint density at radius 1 is 0.842 bits per heavy atom. The number of halogens is 1. The molecule has 0 N–H and O–H groups in total. The minimum absolute atomic E-state index is 0.659. The van der Waals surface area contributed by atoms with Crippen LogP contribution in [0.25, 0.3) is 11.1 Å². The number of benzene rings is 2. The zero-order chi connectivity index (χ0) is 13.5. The first-order chi connectivity index (χ1) is 9.29. The highest BCUT2D eigenvalue weighted by molar-refractivity contribution is 9.09.